The van der Waals surface area contributed by atoms with Gasteiger partial charge in [-0.1, -0.05) is 6.07 Å². The van der Waals surface area contributed by atoms with Crippen molar-refractivity contribution in [2.24, 2.45) is 5.92 Å². The van der Waals surface area contributed by atoms with Crippen LogP contribution in [0, 0.1) is 24.5 Å². The number of rotatable bonds is 9. The average molecular weight is 546 g/mol. The summed E-state index contributed by atoms with van der Waals surface area (Å²) in [5.41, 5.74) is 1.07. The molecule has 1 saturated carbocycles. The number of aromatic nitrogens is 1. The van der Waals surface area contributed by atoms with E-state index in [1.807, 2.05) is 0 Å². The minimum atomic E-state index is -2.74. The second-order valence-corrected chi connectivity index (χ2v) is 10.3. The second-order valence-electron chi connectivity index (χ2n) is 10.3. The first-order valence-corrected chi connectivity index (χ1v) is 13.1. The van der Waals surface area contributed by atoms with Crippen LogP contribution in [0.3, 0.4) is 0 Å². The summed E-state index contributed by atoms with van der Waals surface area (Å²) in [7, 11) is 0. The maximum atomic E-state index is 16.4. The Labute approximate surface area is 223 Å². The van der Waals surface area contributed by atoms with Gasteiger partial charge in [0, 0.05) is 25.2 Å². The molecular formula is C28H30F3N3O5. The van der Waals surface area contributed by atoms with Crippen LogP contribution in [0.5, 0.6) is 0 Å². The molecule has 1 aliphatic carbocycles. The van der Waals surface area contributed by atoms with E-state index in [1.165, 1.54) is 35.2 Å². The predicted octanol–water partition coefficient (Wildman–Crippen LogP) is 5.65. The normalized spacial score (nSPS) is 21.6. The van der Waals surface area contributed by atoms with Crippen molar-refractivity contribution in [1.29, 1.82) is 0 Å². The van der Waals surface area contributed by atoms with Crippen molar-refractivity contribution < 1.29 is 37.0 Å². The molecule has 2 N–H and O–H groups in total. The van der Waals surface area contributed by atoms with Gasteiger partial charge in [0.2, 0.25) is 5.78 Å². The Balaban J connectivity index is 1.34. The van der Waals surface area contributed by atoms with Gasteiger partial charge in [0.1, 0.15) is 11.3 Å². The lowest BCUT2D eigenvalue weighted by molar-refractivity contribution is -0.252. The van der Waals surface area contributed by atoms with E-state index in [0.29, 0.717) is 62.9 Å². The van der Waals surface area contributed by atoms with Gasteiger partial charge in [-0.2, -0.15) is 9.37 Å². The molecular weight excluding hydrogens is 515 g/mol. The zero-order chi connectivity index (χ0) is 27.7. The molecule has 3 aromatic rings. The molecule has 0 radical (unpaired) electrons. The number of aliphatic carboxylic acids is 1. The number of nitrogens with one attached hydrogen (secondary N) is 1. The van der Waals surface area contributed by atoms with Crippen LogP contribution in [0.4, 0.5) is 24.9 Å². The summed E-state index contributed by atoms with van der Waals surface area (Å²) in [6, 6.07) is 6.95. The lowest BCUT2D eigenvalue weighted by atomic mass is 9.87. The van der Waals surface area contributed by atoms with Gasteiger partial charge < -0.3 is 19.6 Å². The van der Waals surface area contributed by atoms with E-state index in [2.05, 4.69) is 10.3 Å². The first-order valence-electron chi connectivity index (χ1n) is 13.1. The smallest absolute Gasteiger partial charge is 0.330 e. The SMILES string of the molecule is Cc1cc(F)ccc1Nc1nc2ccc(CC(=O)C(F)(O[C@H]3CC[C@H](C(=O)O)CC3)N3CCCC3)c(F)c2o1. The summed E-state index contributed by atoms with van der Waals surface area (Å²) < 4.78 is 56.6. The molecule has 5 rings (SSSR count). The topological polar surface area (TPSA) is 105 Å². The van der Waals surface area contributed by atoms with Crippen LogP contribution in [-0.4, -0.2) is 51.9 Å². The van der Waals surface area contributed by atoms with Crippen molar-refractivity contribution in [1.82, 2.24) is 9.88 Å². The number of oxazole rings is 1. The minimum absolute atomic E-state index is 0.0145. The summed E-state index contributed by atoms with van der Waals surface area (Å²) in [5.74, 6) is -6.29. The van der Waals surface area contributed by atoms with Crippen LogP contribution in [0.25, 0.3) is 11.1 Å². The summed E-state index contributed by atoms with van der Waals surface area (Å²) in [6.45, 7) is 2.35. The van der Waals surface area contributed by atoms with Crippen LogP contribution >= 0.6 is 0 Å². The fraction of sp³-hybridized carbons (Fsp3) is 0.464. The van der Waals surface area contributed by atoms with E-state index in [9.17, 15) is 19.1 Å². The quantitative estimate of drug-likeness (QED) is 0.333. The number of halogens is 3. The molecule has 1 unspecified atom stereocenters. The number of benzene rings is 2. The molecule has 39 heavy (non-hydrogen) atoms. The third kappa shape index (κ3) is 5.65. The summed E-state index contributed by atoms with van der Waals surface area (Å²) in [5, 5.41) is 12.1. The highest BCUT2D eigenvalue weighted by Crippen LogP contribution is 2.35. The number of hydrogen-bond acceptors (Lipinski definition) is 7. The number of likely N-dealkylation sites (tertiary alicyclic amines) is 1. The summed E-state index contributed by atoms with van der Waals surface area (Å²) in [6.07, 6.45) is 1.56. The molecule has 8 nitrogen and oxygen atoms in total. The van der Waals surface area contributed by atoms with Crippen LogP contribution in [0.15, 0.2) is 34.7 Å². The van der Waals surface area contributed by atoms with Crippen molar-refractivity contribution in [3.63, 3.8) is 0 Å². The van der Waals surface area contributed by atoms with Gasteiger partial charge in [-0.25, -0.2) is 13.7 Å². The third-order valence-electron chi connectivity index (χ3n) is 7.56. The molecule has 0 bridgehead atoms. The number of fused-ring (bicyclic) bond motifs is 1. The van der Waals surface area contributed by atoms with Crippen LogP contribution < -0.4 is 5.32 Å². The molecule has 0 amide bonds. The number of carbonyl (C=O) groups excluding carboxylic acids is 1. The van der Waals surface area contributed by atoms with Crippen LogP contribution in [0.1, 0.15) is 49.7 Å². The van der Waals surface area contributed by atoms with Crippen LogP contribution in [0.2, 0.25) is 0 Å². The van der Waals surface area contributed by atoms with E-state index >= 15 is 8.78 Å². The summed E-state index contributed by atoms with van der Waals surface area (Å²) >= 11 is 0. The Hall–Kier alpha value is -3.44. The van der Waals surface area contributed by atoms with Gasteiger partial charge in [-0.3, -0.25) is 9.59 Å². The first-order chi connectivity index (χ1) is 18.6. The number of carboxylic acid groups (broad SMARTS) is 1. The molecule has 2 fully saturated rings. The molecule has 1 atom stereocenters. The molecule has 1 aromatic heterocycles. The van der Waals surface area contributed by atoms with Crippen molar-refractivity contribution >= 4 is 34.6 Å². The highest BCUT2D eigenvalue weighted by molar-refractivity contribution is 5.88. The molecule has 2 aromatic carbocycles. The Morgan fingerprint density at radius 2 is 1.87 bits per heavy atom. The van der Waals surface area contributed by atoms with E-state index in [4.69, 9.17) is 9.15 Å². The van der Waals surface area contributed by atoms with Gasteiger partial charge in [-0.15, -0.1) is 0 Å². The van der Waals surface area contributed by atoms with Crippen LogP contribution in [-0.2, 0) is 20.7 Å². The molecule has 2 heterocycles. The number of ether oxygens (including phenoxy) is 1. The Kier molecular flexibility index (Phi) is 7.64. The molecule has 11 heteroatoms. The van der Waals surface area contributed by atoms with E-state index in [1.54, 1.807) is 6.92 Å². The maximum absolute atomic E-state index is 16.4. The minimum Gasteiger partial charge on any atom is -0.481 e. The fourth-order valence-corrected chi connectivity index (χ4v) is 5.33. The fourth-order valence-electron chi connectivity index (χ4n) is 5.33. The molecule has 1 aliphatic heterocycles. The van der Waals surface area contributed by atoms with E-state index in [0.717, 1.165) is 0 Å². The standard InChI is InChI=1S/C28H30F3N3O5/c1-16-14-19(29)7-11-21(16)32-27-33-22-10-6-18(24(30)25(22)38-27)15-23(35)28(31,34-12-2-3-13-34)39-20-8-4-17(5-9-20)26(36)37/h6-7,10-11,14,17,20H,2-5,8-9,12-13,15H2,1H3,(H,32,33)(H,36,37)/t17-,20-,28?. The Bertz CT molecular complexity index is 1380. The average Bonchev–Trinajstić information content (AvgIpc) is 3.59. The number of aryl methyl sites for hydroxylation is 1. The van der Waals surface area contributed by atoms with Crippen molar-refractivity contribution in [2.45, 2.75) is 64.0 Å². The van der Waals surface area contributed by atoms with Crippen molar-refractivity contribution in [3.8, 4) is 0 Å². The largest absolute Gasteiger partial charge is 0.481 e. The predicted molar refractivity (Wildman–Crippen MR) is 136 cm³/mol. The van der Waals surface area contributed by atoms with E-state index in [-0.39, 0.29) is 22.7 Å². The zero-order valence-corrected chi connectivity index (χ0v) is 21.5. The van der Waals surface area contributed by atoms with Gasteiger partial charge >= 0.3 is 11.9 Å². The van der Waals surface area contributed by atoms with Gasteiger partial charge in [0.25, 0.3) is 6.01 Å². The molecule has 2 aliphatic rings. The van der Waals surface area contributed by atoms with Gasteiger partial charge in [0.15, 0.2) is 11.4 Å². The zero-order valence-electron chi connectivity index (χ0n) is 21.5. The number of nitrogens with zero attached hydrogens (tertiary/aromatic N) is 2. The lowest BCUT2D eigenvalue weighted by Crippen LogP contribution is -2.54. The first kappa shape index (κ1) is 27.1. The number of carboxylic acids is 1. The van der Waals surface area contributed by atoms with E-state index < -0.39 is 47.8 Å². The number of hydrogen-bond donors (Lipinski definition) is 2. The van der Waals surface area contributed by atoms with Crippen molar-refractivity contribution in [2.75, 3.05) is 18.4 Å². The maximum Gasteiger partial charge on any atom is 0.330 e. The molecule has 0 spiro atoms. The lowest BCUT2D eigenvalue weighted by Gasteiger charge is -2.37. The number of anilines is 2. The summed E-state index contributed by atoms with van der Waals surface area (Å²) in [4.78, 5) is 30.2. The highest BCUT2D eigenvalue weighted by atomic mass is 19.2. The Morgan fingerprint density at radius 3 is 2.54 bits per heavy atom. The number of alkyl halides is 1. The third-order valence-corrected chi connectivity index (χ3v) is 7.56. The van der Waals surface area contributed by atoms with Gasteiger partial charge in [-0.05, 0) is 80.8 Å². The number of Topliss-reactive ketones (excluding diaryl/α,β-unsaturated/α-hetero) is 1. The number of ketones is 1. The Morgan fingerprint density at radius 1 is 1.15 bits per heavy atom. The van der Waals surface area contributed by atoms with Crippen molar-refractivity contribution in [3.05, 3.63) is 53.1 Å². The molecule has 208 valence electrons. The second kappa shape index (κ2) is 11.0. The van der Waals surface area contributed by atoms with Gasteiger partial charge in [0.05, 0.1) is 12.0 Å². The monoisotopic (exact) mass is 545 g/mol. The highest BCUT2D eigenvalue weighted by Gasteiger charge is 2.49. The number of carbonyl (C=O) groups is 2. The molecule has 1 saturated heterocycles.